The number of nitrogens with zero attached hydrogens (tertiary/aromatic N) is 2. The van der Waals surface area contributed by atoms with Crippen molar-refractivity contribution in [1.82, 2.24) is 9.80 Å². The number of piperazine rings is 1. The fourth-order valence-corrected chi connectivity index (χ4v) is 1.55. The van der Waals surface area contributed by atoms with Crippen molar-refractivity contribution in [2.45, 2.75) is 6.04 Å². The molecule has 4 nitrogen and oxygen atoms in total. The van der Waals surface area contributed by atoms with E-state index in [9.17, 15) is 4.79 Å². The molecule has 1 fully saturated rings. The van der Waals surface area contributed by atoms with E-state index in [1.165, 1.54) is 0 Å². The topological polar surface area (TPSA) is 43.8 Å². The van der Waals surface area contributed by atoms with E-state index in [1.807, 2.05) is 18.0 Å². The molecule has 1 N–H and O–H groups in total. The molecule has 0 spiro atoms. The maximum atomic E-state index is 10.8. The second-order valence-corrected chi connectivity index (χ2v) is 3.38. The van der Waals surface area contributed by atoms with Gasteiger partial charge in [-0.1, -0.05) is 6.08 Å². The minimum absolute atomic E-state index is 0.367. The van der Waals surface area contributed by atoms with Crippen molar-refractivity contribution in [3.05, 3.63) is 12.7 Å². The Morgan fingerprint density at radius 2 is 2.38 bits per heavy atom. The van der Waals surface area contributed by atoms with Crippen molar-refractivity contribution < 1.29 is 9.90 Å². The van der Waals surface area contributed by atoms with Crippen LogP contribution in [0.15, 0.2) is 12.7 Å². The van der Waals surface area contributed by atoms with Gasteiger partial charge in [0.1, 0.15) is 6.04 Å². The van der Waals surface area contributed by atoms with Crippen LogP contribution in [-0.2, 0) is 4.79 Å². The Morgan fingerprint density at radius 1 is 1.69 bits per heavy atom. The zero-order valence-electron chi connectivity index (χ0n) is 7.94. The summed E-state index contributed by atoms with van der Waals surface area (Å²) in [6.07, 6.45) is 1.81. The Bertz CT molecular complexity index is 206. The molecule has 0 aromatic rings. The number of rotatable bonds is 3. The number of hydrogen-bond donors (Lipinski definition) is 1. The van der Waals surface area contributed by atoms with E-state index < -0.39 is 5.97 Å². The molecule has 0 bridgehead atoms. The maximum absolute atomic E-state index is 10.8. The zero-order valence-corrected chi connectivity index (χ0v) is 7.94. The second kappa shape index (κ2) is 4.39. The van der Waals surface area contributed by atoms with Crippen LogP contribution in [0.1, 0.15) is 0 Å². The Kier molecular flexibility index (Phi) is 3.45. The molecule has 1 rings (SSSR count). The summed E-state index contributed by atoms with van der Waals surface area (Å²) in [6, 6.07) is -0.367. The van der Waals surface area contributed by atoms with Crippen molar-refractivity contribution in [1.29, 1.82) is 0 Å². The van der Waals surface area contributed by atoms with Gasteiger partial charge in [0.15, 0.2) is 0 Å². The number of likely N-dealkylation sites (N-methyl/N-ethyl adjacent to an activating group) is 1. The summed E-state index contributed by atoms with van der Waals surface area (Å²) in [5.41, 5.74) is 0. The van der Waals surface area contributed by atoms with Crippen LogP contribution < -0.4 is 0 Å². The smallest absolute Gasteiger partial charge is 0.322 e. The third-order valence-corrected chi connectivity index (χ3v) is 2.40. The van der Waals surface area contributed by atoms with E-state index in [0.717, 1.165) is 19.6 Å². The Hall–Kier alpha value is -0.870. The van der Waals surface area contributed by atoms with E-state index >= 15 is 0 Å². The van der Waals surface area contributed by atoms with E-state index in [0.29, 0.717) is 6.54 Å². The van der Waals surface area contributed by atoms with Crippen molar-refractivity contribution in [3.8, 4) is 0 Å². The van der Waals surface area contributed by atoms with Crippen LogP contribution in [0.4, 0.5) is 0 Å². The molecular weight excluding hydrogens is 168 g/mol. The first kappa shape index (κ1) is 10.2. The fraction of sp³-hybridized carbons (Fsp3) is 0.667. The molecule has 13 heavy (non-hydrogen) atoms. The highest BCUT2D eigenvalue weighted by atomic mass is 16.4. The van der Waals surface area contributed by atoms with Crippen LogP contribution in [0.2, 0.25) is 0 Å². The van der Waals surface area contributed by atoms with Gasteiger partial charge in [0.25, 0.3) is 0 Å². The minimum Gasteiger partial charge on any atom is -0.480 e. The van der Waals surface area contributed by atoms with Crippen molar-refractivity contribution in [2.75, 3.05) is 33.2 Å². The molecule has 0 radical (unpaired) electrons. The summed E-state index contributed by atoms with van der Waals surface area (Å²) in [7, 11) is 1.85. The zero-order chi connectivity index (χ0) is 9.84. The Labute approximate surface area is 78.4 Å². The summed E-state index contributed by atoms with van der Waals surface area (Å²) in [5.74, 6) is -0.740. The SMILES string of the molecule is C=CCN1CCN(C)C(C(=O)O)C1. The highest BCUT2D eigenvalue weighted by Crippen LogP contribution is 2.07. The molecular formula is C9H16N2O2. The van der Waals surface area contributed by atoms with Crippen LogP contribution >= 0.6 is 0 Å². The highest BCUT2D eigenvalue weighted by Gasteiger charge is 2.28. The minimum atomic E-state index is -0.740. The first-order chi connectivity index (χ1) is 6.15. The molecule has 1 aliphatic rings. The summed E-state index contributed by atoms with van der Waals surface area (Å²) in [4.78, 5) is 14.8. The predicted molar refractivity (Wildman–Crippen MR) is 50.7 cm³/mol. The normalized spacial score (nSPS) is 25.8. The van der Waals surface area contributed by atoms with Gasteiger partial charge < -0.3 is 5.11 Å². The summed E-state index contributed by atoms with van der Waals surface area (Å²) in [6.45, 7) is 6.74. The van der Waals surface area contributed by atoms with Crippen LogP contribution in [0.5, 0.6) is 0 Å². The molecule has 0 aliphatic carbocycles. The third-order valence-electron chi connectivity index (χ3n) is 2.40. The van der Waals surface area contributed by atoms with Gasteiger partial charge in [-0.25, -0.2) is 0 Å². The van der Waals surface area contributed by atoms with Gasteiger partial charge in [0.2, 0.25) is 0 Å². The standard InChI is InChI=1S/C9H16N2O2/c1-3-4-11-6-5-10(2)8(7-11)9(12)13/h3,8H,1,4-7H2,2H3,(H,12,13). The number of carboxylic acid groups (broad SMARTS) is 1. The van der Waals surface area contributed by atoms with Crippen LogP contribution in [-0.4, -0.2) is 60.1 Å². The van der Waals surface area contributed by atoms with Crippen LogP contribution in [0.3, 0.4) is 0 Å². The molecule has 4 heteroatoms. The summed E-state index contributed by atoms with van der Waals surface area (Å²) in [5, 5.41) is 8.90. The van der Waals surface area contributed by atoms with Gasteiger partial charge in [-0.3, -0.25) is 14.6 Å². The number of carbonyl (C=O) groups is 1. The predicted octanol–water partition coefficient (Wildman–Crippen LogP) is -0.127. The molecule has 1 unspecified atom stereocenters. The lowest BCUT2D eigenvalue weighted by molar-refractivity contribution is -0.144. The second-order valence-electron chi connectivity index (χ2n) is 3.38. The molecule has 1 atom stereocenters. The maximum Gasteiger partial charge on any atom is 0.322 e. The monoisotopic (exact) mass is 184 g/mol. The lowest BCUT2D eigenvalue weighted by Gasteiger charge is -2.36. The van der Waals surface area contributed by atoms with Crippen molar-refractivity contribution in [3.63, 3.8) is 0 Å². The Morgan fingerprint density at radius 3 is 2.92 bits per heavy atom. The molecule has 0 amide bonds. The van der Waals surface area contributed by atoms with Crippen LogP contribution in [0.25, 0.3) is 0 Å². The molecule has 1 saturated heterocycles. The lowest BCUT2D eigenvalue weighted by atomic mass is 10.2. The largest absolute Gasteiger partial charge is 0.480 e. The van der Waals surface area contributed by atoms with E-state index in [1.54, 1.807) is 0 Å². The Balaban J connectivity index is 2.52. The first-order valence-electron chi connectivity index (χ1n) is 4.41. The van der Waals surface area contributed by atoms with Gasteiger partial charge in [-0.05, 0) is 7.05 Å². The number of hydrogen-bond acceptors (Lipinski definition) is 3. The fourth-order valence-electron chi connectivity index (χ4n) is 1.55. The average molecular weight is 184 g/mol. The van der Waals surface area contributed by atoms with Crippen LogP contribution in [0, 0.1) is 0 Å². The van der Waals surface area contributed by atoms with E-state index in [-0.39, 0.29) is 6.04 Å². The third kappa shape index (κ3) is 2.54. The summed E-state index contributed by atoms with van der Waals surface area (Å²) >= 11 is 0. The average Bonchev–Trinajstić information content (AvgIpc) is 2.08. The molecule has 74 valence electrons. The van der Waals surface area contributed by atoms with Gasteiger partial charge in [-0.2, -0.15) is 0 Å². The molecule has 0 aromatic heterocycles. The molecule has 0 aromatic carbocycles. The molecule has 1 aliphatic heterocycles. The first-order valence-corrected chi connectivity index (χ1v) is 4.41. The molecule has 1 heterocycles. The van der Waals surface area contributed by atoms with E-state index in [2.05, 4.69) is 11.5 Å². The number of carboxylic acids is 1. The highest BCUT2D eigenvalue weighted by molar-refractivity contribution is 5.73. The van der Waals surface area contributed by atoms with Gasteiger partial charge in [0.05, 0.1) is 0 Å². The quantitative estimate of drug-likeness (QED) is 0.621. The van der Waals surface area contributed by atoms with Crippen molar-refractivity contribution >= 4 is 5.97 Å². The van der Waals surface area contributed by atoms with Gasteiger partial charge in [-0.15, -0.1) is 6.58 Å². The van der Waals surface area contributed by atoms with E-state index in [4.69, 9.17) is 5.11 Å². The molecule has 0 saturated carbocycles. The number of aliphatic carboxylic acids is 1. The van der Waals surface area contributed by atoms with Crippen molar-refractivity contribution in [2.24, 2.45) is 0 Å². The lowest BCUT2D eigenvalue weighted by Crippen LogP contribution is -2.54. The van der Waals surface area contributed by atoms with Gasteiger partial charge in [0, 0.05) is 26.2 Å². The van der Waals surface area contributed by atoms with Gasteiger partial charge >= 0.3 is 5.97 Å². The summed E-state index contributed by atoms with van der Waals surface area (Å²) < 4.78 is 0.